The van der Waals surface area contributed by atoms with Crippen LogP contribution < -0.4 is 0 Å². The molecule has 2 bridgehead atoms. The van der Waals surface area contributed by atoms with E-state index in [0.717, 1.165) is 5.92 Å². The molecule has 3 rings (SSSR count). The zero-order chi connectivity index (χ0) is 7.26. The van der Waals surface area contributed by atoms with Crippen molar-refractivity contribution >= 4 is 0 Å². The van der Waals surface area contributed by atoms with Crippen molar-refractivity contribution in [1.82, 2.24) is 0 Å². The quantitative estimate of drug-likeness (QED) is 0.497. The fourth-order valence-electron chi connectivity index (χ4n) is 4.09. The molecule has 3 aliphatic carbocycles. The molecule has 0 nitrogen and oxygen atoms in total. The highest BCUT2D eigenvalue weighted by atomic mass is 14.5. The molecule has 0 radical (unpaired) electrons. The normalized spacial score (nSPS) is 54.5. The minimum atomic E-state index is 1.16. The molecule has 0 heterocycles. The minimum absolute atomic E-state index is 1.16. The molecule has 0 amide bonds. The van der Waals surface area contributed by atoms with Crippen molar-refractivity contribution in [2.45, 2.75) is 44.9 Å². The van der Waals surface area contributed by atoms with Crippen LogP contribution in [0, 0.1) is 23.7 Å². The van der Waals surface area contributed by atoms with E-state index in [0.29, 0.717) is 0 Å². The Morgan fingerprint density at radius 1 is 0.727 bits per heavy atom. The van der Waals surface area contributed by atoms with E-state index < -0.39 is 0 Å². The first-order chi connectivity index (χ1) is 5.43. The molecule has 3 fully saturated rings. The van der Waals surface area contributed by atoms with Gasteiger partial charge in [-0.25, -0.2) is 0 Å². The fraction of sp³-hybridized carbons (Fsp3) is 1.00. The molecule has 4 atom stereocenters. The van der Waals surface area contributed by atoms with Crippen LogP contribution in [0.3, 0.4) is 0 Å². The minimum Gasteiger partial charge on any atom is -0.0528 e. The predicted octanol–water partition coefficient (Wildman–Crippen LogP) is 3.22. The van der Waals surface area contributed by atoms with Gasteiger partial charge in [0.25, 0.3) is 0 Å². The van der Waals surface area contributed by atoms with E-state index in [1.165, 1.54) is 17.8 Å². The maximum Gasteiger partial charge on any atom is -0.0355 e. The average molecular weight is 150 g/mol. The van der Waals surface area contributed by atoms with E-state index in [1.54, 1.807) is 44.9 Å². The third-order valence-corrected chi connectivity index (χ3v) is 4.55. The molecule has 0 aromatic rings. The second-order valence-corrected chi connectivity index (χ2v) is 5.03. The highest BCUT2D eigenvalue weighted by Crippen LogP contribution is 2.54. The Kier molecular flexibility index (Phi) is 1.33. The van der Waals surface area contributed by atoms with E-state index in [-0.39, 0.29) is 0 Å². The van der Waals surface area contributed by atoms with Gasteiger partial charge < -0.3 is 0 Å². The van der Waals surface area contributed by atoms with Crippen LogP contribution in [0.4, 0.5) is 0 Å². The third-order valence-electron chi connectivity index (χ3n) is 4.55. The van der Waals surface area contributed by atoms with Gasteiger partial charge in [-0.05, 0) is 49.4 Å². The van der Waals surface area contributed by atoms with Gasteiger partial charge in [0.15, 0.2) is 0 Å². The fourth-order valence-corrected chi connectivity index (χ4v) is 4.09. The van der Waals surface area contributed by atoms with Gasteiger partial charge in [0.05, 0.1) is 0 Å². The summed E-state index contributed by atoms with van der Waals surface area (Å²) in [5, 5.41) is 0. The molecule has 0 aromatic carbocycles. The maximum absolute atomic E-state index is 1.62. The molecule has 3 aliphatic rings. The van der Waals surface area contributed by atoms with E-state index in [9.17, 15) is 0 Å². The van der Waals surface area contributed by atoms with E-state index in [4.69, 9.17) is 0 Å². The Hall–Kier alpha value is 0. The van der Waals surface area contributed by atoms with Gasteiger partial charge in [0.1, 0.15) is 0 Å². The average Bonchev–Trinajstić information content (AvgIpc) is 2.46. The van der Waals surface area contributed by atoms with Crippen molar-refractivity contribution in [3.63, 3.8) is 0 Å². The zero-order valence-corrected chi connectivity index (χ0v) is 7.26. The van der Waals surface area contributed by atoms with E-state index >= 15 is 0 Å². The van der Waals surface area contributed by atoms with E-state index in [2.05, 4.69) is 0 Å². The van der Waals surface area contributed by atoms with Gasteiger partial charge in [-0.1, -0.05) is 19.3 Å². The molecule has 0 aromatic heterocycles. The van der Waals surface area contributed by atoms with E-state index in [1.807, 2.05) is 0 Å². The van der Waals surface area contributed by atoms with Gasteiger partial charge in [-0.15, -0.1) is 0 Å². The van der Waals surface area contributed by atoms with Gasteiger partial charge in [-0.2, -0.15) is 0 Å². The summed E-state index contributed by atoms with van der Waals surface area (Å²) in [4.78, 5) is 0. The SMILES string of the molecule is C1CC2CC3CCC(C1)C3C2. The predicted molar refractivity (Wildman–Crippen MR) is 46.3 cm³/mol. The lowest BCUT2D eigenvalue weighted by Crippen LogP contribution is -2.08. The summed E-state index contributed by atoms with van der Waals surface area (Å²) in [5.74, 6) is 4.72. The Bertz CT molecular complexity index is 161. The number of fused-ring (bicyclic) bond motifs is 1. The van der Waals surface area contributed by atoms with Crippen LogP contribution in [0.15, 0.2) is 0 Å². The van der Waals surface area contributed by atoms with Gasteiger partial charge in [0, 0.05) is 0 Å². The Balaban J connectivity index is 1.89. The van der Waals surface area contributed by atoms with Crippen molar-refractivity contribution in [2.75, 3.05) is 0 Å². The van der Waals surface area contributed by atoms with Gasteiger partial charge in [0.2, 0.25) is 0 Å². The molecular weight excluding hydrogens is 132 g/mol. The maximum atomic E-state index is 1.62. The molecule has 0 spiro atoms. The van der Waals surface area contributed by atoms with Crippen LogP contribution in [-0.4, -0.2) is 0 Å². The van der Waals surface area contributed by atoms with Crippen molar-refractivity contribution < 1.29 is 0 Å². The molecule has 11 heavy (non-hydrogen) atoms. The van der Waals surface area contributed by atoms with Crippen LogP contribution in [0.1, 0.15) is 44.9 Å². The molecule has 0 N–H and O–H groups in total. The number of hydrogen-bond donors (Lipinski definition) is 0. The summed E-state index contributed by atoms with van der Waals surface area (Å²) in [6, 6.07) is 0. The third kappa shape index (κ3) is 0.878. The first kappa shape index (κ1) is 6.51. The first-order valence-electron chi connectivity index (χ1n) is 5.43. The molecule has 62 valence electrons. The van der Waals surface area contributed by atoms with Gasteiger partial charge >= 0.3 is 0 Å². The smallest absolute Gasteiger partial charge is 0.0355 e. The second-order valence-electron chi connectivity index (χ2n) is 5.03. The molecule has 3 saturated carbocycles. The van der Waals surface area contributed by atoms with Crippen LogP contribution in [0.5, 0.6) is 0 Å². The summed E-state index contributed by atoms with van der Waals surface area (Å²) in [5.41, 5.74) is 0. The molecule has 0 heteroatoms. The number of hydrogen-bond acceptors (Lipinski definition) is 0. The highest BCUT2D eigenvalue weighted by Gasteiger charge is 2.44. The highest BCUT2D eigenvalue weighted by molar-refractivity contribution is 4.94. The Morgan fingerprint density at radius 2 is 1.64 bits per heavy atom. The first-order valence-corrected chi connectivity index (χ1v) is 5.43. The zero-order valence-electron chi connectivity index (χ0n) is 7.26. The van der Waals surface area contributed by atoms with Crippen LogP contribution in [0.2, 0.25) is 0 Å². The second kappa shape index (κ2) is 2.24. The Morgan fingerprint density at radius 3 is 2.64 bits per heavy atom. The molecule has 0 aliphatic heterocycles. The van der Waals surface area contributed by atoms with Crippen LogP contribution >= 0.6 is 0 Å². The van der Waals surface area contributed by atoms with Crippen LogP contribution in [0.25, 0.3) is 0 Å². The molecule has 0 saturated heterocycles. The lowest BCUT2D eigenvalue weighted by molar-refractivity contribution is 0.337. The summed E-state index contributed by atoms with van der Waals surface area (Å²) < 4.78 is 0. The standard InChI is InChI=1S/C11H18/c1-2-8-6-10-5-4-9(3-1)11(10)7-8/h8-11H,1-7H2. The van der Waals surface area contributed by atoms with Crippen LogP contribution in [-0.2, 0) is 0 Å². The summed E-state index contributed by atoms with van der Waals surface area (Å²) >= 11 is 0. The van der Waals surface area contributed by atoms with Crippen molar-refractivity contribution in [1.29, 1.82) is 0 Å². The lowest BCUT2D eigenvalue weighted by atomic mass is 9.89. The number of rotatable bonds is 0. The molecule has 4 unspecified atom stereocenters. The summed E-state index contributed by atoms with van der Waals surface area (Å²) in [6.45, 7) is 0. The van der Waals surface area contributed by atoms with Crippen molar-refractivity contribution in [2.24, 2.45) is 23.7 Å². The van der Waals surface area contributed by atoms with Crippen molar-refractivity contribution in [3.8, 4) is 0 Å². The van der Waals surface area contributed by atoms with Gasteiger partial charge in [-0.3, -0.25) is 0 Å². The van der Waals surface area contributed by atoms with Crippen molar-refractivity contribution in [3.05, 3.63) is 0 Å². The monoisotopic (exact) mass is 150 g/mol. The summed E-state index contributed by atoms with van der Waals surface area (Å²) in [7, 11) is 0. The topological polar surface area (TPSA) is 0 Å². The molecular formula is C11H18. The largest absolute Gasteiger partial charge is 0.0528 e. The lowest BCUT2D eigenvalue weighted by Gasteiger charge is -2.16. The summed E-state index contributed by atoms with van der Waals surface area (Å²) in [6.07, 6.45) is 11.1. The Labute approximate surface area is 69.4 Å².